The summed E-state index contributed by atoms with van der Waals surface area (Å²) in [5.74, 6) is 0.127. The molecule has 1 aliphatic carbocycles. The zero-order valence-corrected chi connectivity index (χ0v) is 14.1. The Morgan fingerprint density at radius 1 is 1.13 bits per heavy atom. The summed E-state index contributed by atoms with van der Waals surface area (Å²) >= 11 is 0. The van der Waals surface area contributed by atoms with Gasteiger partial charge in [-0.05, 0) is 37.3 Å². The van der Waals surface area contributed by atoms with E-state index in [2.05, 4.69) is 29.5 Å². The normalized spacial score (nSPS) is 15.4. The summed E-state index contributed by atoms with van der Waals surface area (Å²) in [6.45, 7) is 4.85. The Hall–Kier alpha value is -1.91. The smallest absolute Gasteiger partial charge is 0.270 e. The molecule has 2 amide bonds. The summed E-state index contributed by atoms with van der Waals surface area (Å²) in [4.78, 5) is 28.6. The van der Waals surface area contributed by atoms with Crippen molar-refractivity contribution in [3.05, 3.63) is 29.6 Å². The van der Waals surface area contributed by atoms with Gasteiger partial charge in [0.1, 0.15) is 11.4 Å². The first-order chi connectivity index (χ1) is 11.1. The number of nitrogens with one attached hydrogen (secondary N) is 2. The number of amides is 2. The molecule has 5 heteroatoms. The number of carbonyl (C=O) groups is 2. The Kier molecular flexibility index (Phi) is 6.56. The molecule has 0 aromatic carbocycles. The minimum atomic E-state index is -0.224. The van der Waals surface area contributed by atoms with Crippen molar-refractivity contribution < 1.29 is 9.59 Å². The molecular formula is C18H27N3O2. The van der Waals surface area contributed by atoms with Crippen LogP contribution in [0, 0.1) is 5.92 Å². The van der Waals surface area contributed by atoms with Gasteiger partial charge in [-0.15, -0.1) is 0 Å². The van der Waals surface area contributed by atoms with Crippen LogP contribution >= 0.6 is 0 Å². The quantitative estimate of drug-likeness (QED) is 0.847. The van der Waals surface area contributed by atoms with E-state index in [1.807, 2.05) is 0 Å². The lowest BCUT2D eigenvalue weighted by molar-refractivity contribution is 0.0922. The van der Waals surface area contributed by atoms with E-state index in [1.54, 1.807) is 18.2 Å². The minimum Gasteiger partial charge on any atom is -0.351 e. The van der Waals surface area contributed by atoms with Gasteiger partial charge in [-0.1, -0.05) is 39.2 Å². The molecule has 23 heavy (non-hydrogen) atoms. The van der Waals surface area contributed by atoms with Gasteiger partial charge in [-0.25, -0.2) is 4.98 Å². The number of hydrogen-bond acceptors (Lipinski definition) is 3. The van der Waals surface area contributed by atoms with Crippen molar-refractivity contribution in [2.45, 2.75) is 58.4 Å². The molecule has 1 aromatic rings. The van der Waals surface area contributed by atoms with E-state index in [-0.39, 0.29) is 17.9 Å². The van der Waals surface area contributed by atoms with Gasteiger partial charge < -0.3 is 10.6 Å². The van der Waals surface area contributed by atoms with Crippen LogP contribution in [0.3, 0.4) is 0 Å². The molecule has 1 aromatic heterocycles. The molecule has 1 aliphatic rings. The van der Waals surface area contributed by atoms with Crippen molar-refractivity contribution in [3.8, 4) is 0 Å². The molecular weight excluding hydrogens is 290 g/mol. The molecule has 0 aliphatic heterocycles. The van der Waals surface area contributed by atoms with Crippen molar-refractivity contribution >= 4 is 11.8 Å². The third-order valence-corrected chi connectivity index (χ3v) is 4.16. The summed E-state index contributed by atoms with van der Waals surface area (Å²) in [6.07, 6.45) is 6.56. The van der Waals surface area contributed by atoms with Gasteiger partial charge in [0.15, 0.2) is 0 Å². The molecule has 2 rings (SSSR count). The Balaban J connectivity index is 1.92. The fourth-order valence-electron chi connectivity index (χ4n) is 2.76. The second-order valence-corrected chi connectivity index (χ2v) is 6.65. The molecule has 1 fully saturated rings. The van der Waals surface area contributed by atoms with Crippen molar-refractivity contribution in [2.75, 3.05) is 6.54 Å². The van der Waals surface area contributed by atoms with Crippen molar-refractivity contribution in [3.63, 3.8) is 0 Å². The molecule has 2 N–H and O–H groups in total. The molecule has 0 spiro atoms. The highest BCUT2D eigenvalue weighted by Gasteiger charge is 2.18. The van der Waals surface area contributed by atoms with Gasteiger partial charge in [0, 0.05) is 12.6 Å². The van der Waals surface area contributed by atoms with Gasteiger partial charge in [0.2, 0.25) is 0 Å². The van der Waals surface area contributed by atoms with Crippen molar-refractivity contribution in [1.29, 1.82) is 0 Å². The van der Waals surface area contributed by atoms with Crippen LogP contribution in [0.4, 0.5) is 0 Å². The highest BCUT2D eigenvalue weighted by atomic mass is 16.2. The lowest BCUT2D eigenvalue weighted by Crippen LogP contribution is -2.37. The maximum Gasteiger partial charge on any atom is 0.270 e. The largest absolute Gasteiger partial charge is 0.351 e. The summed E-state index contributed by atoms with van der Waals surface area (Å²) in [7, 11) is 0. The highest BCUT2D eigenvalue weighted by molar-refractivity contribution is 5.96. The highest BCUT2D eigenvalue weighted by Crippen LogP contribution is 2.17. The van der Waals surface area contributed by atoms with Gasteiger partial charge >= 0.3 is 0 Å². The number of pyridine rings is 1. The Morgan fingerprint density at radius 3 is 2.43 bits per heavy atom. The fourth-order valence-corrected chi connectivity index (χ4v) is 2.76. The molecule has 1 saturated carbocycles. The van der Waals surface area contributed by atoms with Crippen LogP contribution in [0.25, 0.3) is 0 Å². The topological polar surface area (TPSA) is 71.1 Å². The first-order valence-corrected chi connectivity index (χ1v) is 8.62. The first-order valence-electron chi connectivity index (χ1n) is 8.62. The minimum absolute atomic E-state index is 0.186. The maximum absolute atomic E-state index is 12.3. The van der Waals surface area contributed by atoms with E-state index >= 15 is 0 Å². The zero-order chi connectivity index (χ0) is 16.7. The zero-order valence-electron chi connectivity index (χ0n) is 14.1. The van der Waals surface area contributed by atoms with E-state index in [0.717, 1.165) is 32.1 Å². The predicted octanol–water partition coefficient (Wildman–Crippen LogP) is 2.92. The second kappa shape index (κ2) is 8.65. The molecule has 0 radical (unpaired) electrons. The fraction of sp³-hybridized carbons (Fsp3) is 0.611. The molecule has 1 heterocycles. The molecule has 0 saturated heterocycles. The van der Waals surface area contributed by atoms with E-state index in [4.69, 9.17) is 0 Å². The molecule has 5 nitrogen and oxygen atoms in total. The van der Waals surface area contributed by atoms with Gasteiger partial charge in [-0.2, -0.15) is 0 Å². The number of aromatic nitrogens is 1. The summed E-state index contributed by atoms with van der Waals surface area (Å²) < 4.78 is 0. The van der Waals surface area contributed by atoms with Crippen LogP contribution in [-0.4, -0.2) is 29.4 Å². The SMILES string of the molecule is CC(C)CCNC(=O)c1cccc(C(=O)NC2CCCCC2)n1. The average molecular weight is 317 g/mol. The van der Waals surface area contributed by atoms with Crippen LogP contribution in [0.5, 0.6) is 0 Å². The monoisotopic (exact) mass is 317 g/mol. The maximum atomic E-state index is 12.3. The van der Waals surface area contributed by atoms with Crippen LogP contribution in [0.15, 0.2) is 18.2 Å². The third-order valence-electron chi connectivity index (χ3n) is 4.16. The third kappa shape index (κ3) is 5.66. The van der Waals surface area contributed by atoms with Crippen LogP contribution in [0.2, 0.25) is 0 Å². The molecule has 0 bridgehead atoms. The summed E-state index contributed by atoms with van der Waals surface area (Å²) in [5.41, 5.74) is 0.608. The van der Waals surface area contributed by atoms with E-state index < -0.39 is 0 Å². The number of rotatable bonds is 6. The molecule has 126 valence electrons. The van der Waals surface area contributed by atoms with E-state index in [1.165, 1.54) is 6.42 Å². The number of carbonyl (C=O) groups excluding carboxylic acids is 2. The van der Waals surface area contributed by atoms with Gasteiger partial charge in [0.25, 0.3) is 11.8 Å². The lowest BCUT2D eigenvalue weighted by atomic mass is 9.95. The predicted molar refractivity (Wildman–Crippen MR) is 90.4 cm³/mol. The van der Waals surface area contributed by atoms with Gasteiger partial charge in [-0.3, -0.25) is 9.59 Å². The lowest BCUT2D eigenvalue weighted by Gasteiger charge is -2.22. The average Bonchev–Trinajstić information content (AvgIpc) is 2.55. The first kappa shape index (κ1) is 17.4. The van der Waals surface area contributed by atoms with Crippen molar-refractivity contribution in [1.82, 2.24) is 15.6 Å². The van der Waals surface area contributed by atoms with Crippen LogP contribution in [0.1, 0.15) is 73.3 Å². The number of hydrogen-bond donors (Lipinski definition) is 2. The molecule has 0 unspecified atom stereocenters. The standard InChI is InChI=1S/C18H27N3O2/c1-13(2)11-12-19-17(22)15-9-6-10-16(21-15)18(23)20-14-7-4-3-5-8-14/h6,9-10,13-14H,3-5,7-8,11-12H2,1-2H3,(H,19,22)(H,20,23). The second-order valence-electron chi connectivity index (χ2n) is 6.65. The van der Waals surface area contributed by atoms with Gasteiger partial charge in [0.05, 0.1) is 0 Å². The Morgan fingerprint density at radius 2 is 1.78 bits per heavy atom. The summed E-state index contributed by atoms with van der Waals surface area (Å²) in [5, 5.41) is 5.87. The van der Waals surface area contributed by atoms with E-state index in [0.29, 0.717) is 23.9 Å². The number of nitrogens with zero attached hydrogens (tertiary/aromatic N) is 1. The summed E-state index contributed by atoms with van der Waals surface area (Å²) in [6, 6.07) is 5.24. The Bertz CT molecular complexity index is 537. The van der Waals surface area contributed by atoms with E-state index in [9.17, 15) is 9.59 Å². The van der Waals surface area contributed by atoms with Crippen LogP contribution < -0.4 is 10.6 Å². The molecule has 0 atom stereocenters. The van der Waals surface area contributed by atoms with Crippen LogP contribution in [-0.2, 0) is 0 Å². The Labute approximate surface area is 138 Å². The van der Waals surface area contributed by atoms with Crippen molar-refractivity contribution in [2.24, 2.45) is 5.92 Å².